The quantitative estimate of drug-likeness (QED) is 0.776. The summed E-state index contributed by atoms with van der Waals surface area (Å²) in [5, 5.41) is 17.9. The second-order valence-corrected chi connectivity index (χ2v) is 7.53. The highest BCUT2D eigenvalue weighted by Crippen LogP contribution is 2.35. The molecule has 1 atom stereocenters. The number of nitrogens with zero attached hydrogens (tertiary/aromatic N) is 1. The van der Waals surface area contributed by atoms with E-state index in [0.29, 0.717) is 4.31 Å². The molecule has 7 nitrogen and oxygen atoms in total. The molecule has 0 bridgehead atoms. The molecule has 1 aliphatic heterocycles. The zero-order valence-electron chi connectivity index (χ0n) is 12.2. The highest BCUT2D eigenvalue weighted by Gasteiger charge is 2.46. The predicted molar refractivity (Wildman–Crippen MR) is 72.4 cm³/mol. The van der Waals surface area contributed by atoms with Crippen LogP contribution < -0.4 is 0 Å². The molecule has 1 unspecified atom stereocenters. The van der Waals surface area contributed by atoms with Crippen molar-refractivity contribution in [1.82, 2.24) is 4.31 Å². The third-order valence-electron chi connectivity index (χ3n) is 3.92. The number of aliphatic carboxylic acids is 1. The molecule has 132 valence electrons. The van der Waals surface area contributed by atoms with Crippen LogP contribution in [0.15, 0.2) is 11.0 Å². The van der Waals surface area contributed by atoms with E-state index in [0.717, 1.165) is 0 Å². The Morgan fingerprint density at radius 1 is 1.17 bits per heavy atom. The number of carboxylic acids is 2. The minimum absolute atomic E-state index is 0.0708. The summed E-state index contributed by atoms with van der Waals surface area (Å²) >= 11 is 0. The number of hydrogen-bond acceptors (Lipinski definition) is 4. The zero-order chi connectivity index (χ0) is 18.4. The number of halogens is 3. The minimum Gasteiger partial charge on any atom is -0.481 e. The van der Waals surface area contributed by atoms with Crippen molar-refractivity contribution in [2.75, 3.05) is 13.1 Å². The van der Waals surface area contributed by atoms with Gasteiger partial charge in [-0.2, -0.15) is 4.31 Å². The highest BCUT2D eigenvalue weighted by molar-refractivity contribution is 7.89. The van der Waals surface area contributed by atoms with Gasteiger partial charge in [-0.3, -0.25) is 4.79 Å². The van der Waals surface area contributed by atoms with Gasteiger partial charge in [0.1, 0.15) is 4.90 Å². The molecule has 0 saturated carbocycles. The van der Waals surface area contributed by atoms with Crippen LogP contribution in [0.5, 0.6) is 0 Å². The average molecular weight is 367 g/mol. The van der Waals surface area contributed by atoms with Crippen molar-refractivity contribution in [3.05, 3.63) is 29.1 Å². The highest BCUT2D eigenvalue weighted by atomic mass is 32.2. The first-order chi connectivity index (χ1) is 10.9. The fraction of sp³-hybridized carbons (Fsp3) is 0.385. The van der Waals surface area contributed by atoms with Gasteiger partial charge in [-0.1, -0.05) is 0 Å². The van der Waals surface area contributed by atoms with Crippen molar-refractivity contribution < 1.29 is 41.4 Å². The van der Waals surface area contributed by atoms with Crippen molar-refractivity contribution in [2.45, 2.75) is 18.2 Å². The zero-order valence-corrected chi connectivity index (χ0v) is 13.0. The third kappa shape index (κ3) is 2.73. The Morgan fingerprint density at radius 3 is 2.21 bits per heavy atom. The molecule has 1 aromatic rings. The third-order valence-corrected chi connectivity index (χ3v) is 5.76. The summed E-state index contributed by atoms with van der Waals surface area (Å²) in [7, 11) is -4.74. The molecule has 1 aromatic carbocycles. The lowest BCUT2D eigenvalue weighted by atomic mass is 9.90. The normalized spacial score (nSPS) is 21.8. The summed E-state index contributed by atoms with van der Waals surface area (Å²) in [4.78, 5) is 20.7. The molecule has 0 amide bonds. The minimum atomic E-state index is -4.74. The molecule has 1 fully saturated rings. The van der Waals surface area contributed by atoms with Crippen LogP contribution in [0.3, 0.4) is 0 Å². The number of carboxylic acid groups (broad SMARTS) is 2. The Balaban J connectivity index is 2.56. The molecule has 0 spiro atoms. The van der Waals surface area contributed by atoms with Gasteiger partial charge in [0.25, 0.3) is 0 Å². The Kier molecular flexibility index (Phi) is 4.35. The fourth-order valence-electron chi connectivity index (χ4n) is 2.36. The molecule has 0 radical (unpaired) electrons. The monoisotopic (exact) mass is 367 g/mol. The smallest absolute Gasteiger partial charge is 0.338 e. The van der Waals surface area contributed by atoms with E-state index < -0.39 is 61.8 Å². The molecular formula is C13H12F3NO6S. The van der Waals surface area contributed by atoms with E-state index >= 15 is 0 Å². The lowest BCUT2D eigenvalue weighted by Crippen LogP contribution is -2.35. The standard InChI is InChI=1S/C13H12F3NO6S/c1-13(12(20)21)2-3-17(5-13)24(22,23)7-4-6(11(18)19)8(14)10(16)9(7)15/h4H,2-3,5H2,1H3,(H,18,19)(H,20,21). The molecule has 24 heavy (non-hydrogen) atoms. The molecule has 1 saturated heterocycles. The molecule has 0 aliphatic carbocycles. The lowest BCUT2D eigenvalue weighted by molar-refractivity contribution is -0.146. The molecular weight excluding hydrogens is 355 g/mol. The summed E-state index contributed by atoms with van der Waals surface area (Å²) in [6.45, 7) is 0.493. The van der Waals surface area contributed by atoms with Gasteiger partial charge in [0.2, 0.25) is 10.0 Å². The predicted octanol–water partition coefficient (Wildman–Crippen LogP) is 1.29. The summed E-state index contributed by atoms with van der Waals surface area (Å²) in [6.07, 6.45) is -0.0708. The topological polar surface area (TPSA) is 112 Å². The number of rotatable bonds is 4. The molecule has 1 heterocycles. The Hall–Kier alpha value is -2.14. The van der Waals surface area contributed by atoms with Gasteiger partial charge < -0.3 is 10.2 Å². The van der Waals surface area contributed by atoms with Gasteiger partial charge in [-0.25, -0.2) is 26.4 Å². The summed E-state index contributed by atoms with van der Waals surface area (Å²) in [6, 6.07) is 0.182. The van der Waals surface area contributed by atoms with Crippen LogP contribution in [0.2, 0.25) is 0 Å². The van der Waals surface area contributed by atoms with Gasteiger partial charge in [0.15, 0.2) is 17.5 Å². The van der Waals surface area contributed by atoms with Crippen LogP contribution in [0.4, 0.5) is 13.2 Å². The van der Waals surface area contributed by atoms with Gasteiger partial charge >= 0.3 is 11.9 Å². The molecule has 11 heteroatoms. The number of carbonyl (C=O) groups is 2. The van der Waals surface area contributed by atoms with Crippen molar-refractivity contribution in [1.29, 1.82) is 0 Å². The lowest BCUT2D eigenvalue weighted by Gasteiger charge is -2.20. The number of sulfonamides is 1. The summed E-state index contributed by atoms with van der Waals surface area (Å²) < 4.78 is 66.2. The van der Waals surface area contributed by atoms with Crippen molar-refractivity contribution >= 4 is 22.0 Å². The van der Waals surface area contributed by atoms with E-state index in [2.05, 4.69) is 0 Å². The number of hydrogen-bond donors (Lipinski definition) is 2. The van der Waals surface area contributed by atoms with E-state index in [-0.39, 0.29) is 19.0 Å². The van der Waals surface area contributed by atoms with E-state index in [4.69, 9.17) is 10.2 Å². The van der Waals surface area contributed by atoms with E-state index in [1.54, 1.807) is 0 Å². The van der Waals surface area contributed by atoms with Crippen LogP contribution in [-0.4, -0.2) is 48.0 Å². The summed E-state index contributed by atoms with van der Waals surface area (Å²) in [5.74, 6) is -9.54. The van der Waals surface area contributed by atoms with Crippen LogP contribution in [0.1, 0.15) is 23.7 Å². The Labute approximate surface area is 134 Å². The second kappa shape index (κ2) is 5.74. The van der Waals surface area contributed by atoms with Crippen molar-refractivity contribution in [3.63, 3.8) is 0 Å². The first kappa shape index (κ1) is 18.2. The van der Waals surface area contributed by atoms with Crippen molar-refractivity contribution in [2.24, 2.45) is 5.41 Å². The largest absolute Gasteiger partial charge is 0.481 e. The van der Waals surface area contributed by atoms with Crippen LogP contribution in [0, 0.1) is 22.9 Å². The van der Waals surface area contributed by atoms with Gasteiger partial charge in [0, 0.05) is 13.1 Å². The Morgan fingerprint density at radius 2 is 1.75 bits per heavy atom. The number of aromatic carboxylic acids is 1. The summed E-state index contributed by atoms with van der Waals surface area (Å²) in [5.41, 5.74) is -2.76. The second-order valence-electron chi connectivity index (χ2n) is 5.62. The van der Waals surface area contributed by atoms with Crippen molar-refractivity contribution in [3.8, 4) is 0 Å². The Bertz CT molecular complexity index is 841. The maximum Gasteiger partial charge on any atom is 0.338 e. The average Bonchev–Trinajstić information content (AvgIpc) is 2.89. The molecule has 1 aliphatic rings. The first-order valence-corrected chi connectivity index (χ1v) is 8.00. The van der Waals surface area contributed by atoms with Crippen LogP contribution >= 0.6 is 0 Å². The van der Waals surface area contributed by atoms with Gasteiger partial charge in [-0.15, -0.1) is 0 Å². The van der Waals surface area contributed by atoms with E-state index in [1.165, 1.54) is 6.92 Å². The van der Waals surface area contributed by atoms with Gasteiger partial charge in [0.05, 0.1) is 11.0 Å². The molecule has 2 N–H and O–H groups in total. The van der Waals surface area contributed by atoms with Crippen LogP contribution in [0.25, 0.3) is 0 Å². The maximum absolute atomic E-state index is 13.9. The van der Waals surface area contributed by atoms with E-state index in [9.17, 15) is 31.2 Å². The molecule has 2 rings (SSSR count). The van der Waals surface area contributed by atoms with Crippen LogP contribution in [-0.2, 0) is 14.8 Å². The van der Waals surface area contributed by atoms with E-state index in [1.807, 2.05) is 0 Å². The maximum atomic E-state index is 13.9. The number of benzene rings is 1. The molecule has 0 aromatic heterocycles. The first-order valence-electron chi connectivity index (χ1n) is 6.56. The SMILES string of the molecule is CC1(C(=O)O)CCN(S(=O)(=O)c2cc(C(=O)O)c(F)c(F)c2F)C1. The fourth-order valence-corrected chi connectivity index (χ4v) is 4.01. The van der Waals surface area contributed by atoms with Gasteiger partial charge in [-0.05, 0) is 19.4 Å².